The van der Waals surface area contributed by atoms with E-state index >= 15 is 0 Å². The summed E-state index contributed by atoms with van der Waals surface area (Å²) in [5.41, 5.74) is 1.09. The topological polar surface area (TPSA) is 34.1 Å². The van der Waals surface area contributed by atoms with Gasteiger partial charge in [-0.25, -0.2) is 0 Å². The summed E-state index contributed by atoms with van der Waals surface area (Å²) in [6, 6.07) is 6.00. The van der Waals surface area contributed by atoms with Crippen LogP contribution in [0.2, 0.25) is 0 Å². The molecule has 0 bridgehead atoms. The van der Waals surface area contributed by atoms with Gasteiger partial charge in [0.1, 0.15) is 0 Å². The number of ether oxygens (including phenoxy) is 1. The molecule has 0 saturated heterocycles. The van der Waals surface area contributed by atoms with Crippen molar-refractivity contribution in [1.29, 1.82) is 0 Å². The van der Waals surface area contributed by atoms with E-state index in [2.05, 4.69) is 17.2 Å². The van der Waals surface area contributed by atoms with Gasteiger partial charge in [0.2, 0.25) is 0 Å². The Labute approximate surface area is 110 Å². The summed E-state index contributed by atoms with van der Waals surface area (Å²) in [6.07, 6.45) is 7.45. The number of hydrogen-bond acceptors (Lipinski definition) is 3. The van der Waals surface area contributed by atoms with E-state index in [-0.39, 0.29) is 0 Å². The normalized spacial score (nSPS) is 24.1. The fraction of sp³-hybridized carbons (Fsp3) is 0.667. The van der Waals surface area contributed by atoms with E-state index in [9.17, 15) is 0 Å². The van der Waals surface area contributed by atoms with E-state index in [0.717, 1.165) is 31.3 Å². The van der Waals surface area contributed by atoms with Gasteiger partial charge in [-0.3, -0.25) is 4.98 Å². The van der Waals surface area contributed by atoms with E-state index < -0.39 is 0 Å². The molecule has 0 aliphatic heterocycles. The smallest absolute Gasteiger partial charge is 0.0594 e. The molecule has 0 aromatic carbocycles. The first kappa shape index (κ1) is 13.5. The molecule has 1 aromatic rings. The van der Waals surface area contributed by atoms with Crippen LogP contribution in [0.5, 0.6) is 0 Å². The molecular weight excluding hydrogens is 224 g/mol. The fourth-order valence-corrected chi connectivity index (χ4v) is 2.41. The monoisotopic (exact) mass is 248 g/mol. The summed E-state index contributed by atoms with van der Waals surface area (Å²) < 4.78 is 5.89. The highest BCUT2D eigenvalue weighted by Crippen LogP contribution is 2.25. The maximum absolute atomic E-state index is 5.89. The van der Waals surface area contributed by atoms with Crippen molar-refractivity contribution in [2.24, 2.45) is 5.92 Å². The largest absolute Gasteiger partial charge is 0.377 e. The third-order valence-corrected chi connectivity index (χ3v) is 3.63. The predicted molar refractivity (Wildman–Crippen MR) is 73.3 cm³/mol. The number of rotatable bonds is 6. The number of aromatic nitrogens is 1. The molecule has 18 heavy (non-hydrogen) atoms. The number of nitrogens with zero attached hydrogens (tertiary/aromatic N) is 1. The summed E-state index contributed by atoms with van der Waals surface area (Å²) in [5, 5.41) is 3.36. The Kier molecular flexibility index (Phi) is 5.62. The number of hydrogen-bond donors (Lipinski definition) is 1. The third-order valence-electron chi connectivity index (χ3n) is 3.63. The van der Waals surface area contributed by atoms with Crippen LogP contribution < -0.4 is 5.32 Å². The molecule has 1 aliphatic rings. The lowest BCUT2D eigenvalue weighted by Gasteiger charge is -2.26. The standard InChI is InChI=1S/C15H24N2O/c1-13-5-7-15(8-6-13)18-11-10-16-12-14-4-2-3-9-17-14/h2-4,9,13,15-16H,5-8,10-12H2,1H3. The van der Waals surface area contributed by atoms with Crippen LogP contribution in [-0.4, -0.2) is 24.2 Å². The molecule has 1 aromatic heterocycles. The van der Waals surface area contributed by atoms with Crippen LogP contribution in [0.3, 0.4) is 0 Å². The second-order valence-electron chi connectivity index (χ2n) is 5.25. The third kappa shape index (κ3) is 4.75. The van der Waals surface area contributed by atoms with Crippen molar-refractivity contribution in [3.63, 3.8) is 0 Å². The van der Waals surface area contributed by atoms with Crippen molar-refractivity contribution in [3.05, 3.63) is 30.1 Å². The molecule has 1 N–H and O–H groups in total. The van der Waals surface area contributed by atoms with Crippen LogP contribution >= 0.6 is 0 Å². The quantitative estimate of drug-likeness (QED) is 0.786. The van der Waals surface area contributed by atoms with Crippen molar-refractivity contribution < 1.29 is 4.74 Å². The molecule has 1 aliphatic carbocycles. The molecule has 0 amide bonds. The van der Waals surface area contributed by atoms with Crippen LogP contribution in [0.1, 0.15) is 38.3 Å². The lowest BCUT2D eigenvalue weighted by atomic mass is 9.89. The molecular formula is C15H24N2O. The Morgan fingerprint density at radius 3 is 2.83 bits per heavy atom. The van der Waals surface area contributed by atoms with Gasteiger partial charge in [-0.2, -0.15) is 0 Å². The highest BCUT2D eigenvalue weighted by atomic mass is 16.5. The predicted octanol–water partition coefficient (Wildman–Crippen LogP) is 2.77. The van der Waals surface area contributed by atoms with Crippen molar-refractivity contribution in [1.82, 2.24) is 10.3 Å². The summed E-state index contributed by atoms with van der Waals surface area (Å²) in [6.45, 7) is 4.88. The Morgan fingerprint density at radius 2 is 2.11 bits per heavy atom. The van der Waals surface area contributed by atoms with Crippen LogP contribution in [0.25, 0.3) is 0 Å². The molecule has 1 saturated carbocycles. The Hall–Kier alpha value is -0.930. The van der Waals surface area contributed by atoms with Gasteiger partial charge in [0, 0.05) is 19.3 Å². The number of pyridine rings is 1. The first-order chi connectivity index (χ1) is 8.84. The van der Waals surface area contributed by atoms with Gasteiger partial charge >= 0.3 is 0 Å². The van der Waals surface area contributed by atoms with Crippen LogP contribution in [0, 0.1) is 5.92 Å². The maximum Gasteiger partial charge on any atom is 0.0594 e. The van der Waals surface area contributed by atoms with Gasteiger partial charge in [-0.05, 0) is 43.7 Å². The minimum Gasteiger partial charge on any atom is -0.377 e. The Morgan fingerprint density at radius 1 is 1.28 bits per heavy atom. The zero-order valence-electron chi connectivity index (χ0n) is 11.3. The summed E-state index contributed by atoms with van der Waals surface area (Å²) >= 11 is 0. The first-order valence-electron chi connectivity index (χ1n) is 7.07. The van der Waals surface area contributed by atoms with Gasteiger partial charge in [0.25, 0.3) is 0 Å². The Balaban J connectivity index is 1.51. The number of nitrogens with one attached hydrogen (secondary N) is 1. The summed E-state index contributed by atoms with van der Waals surface area (Å²) in [4.78, 5) is 4.27. The van der Waals surface area contributed by atoms with Gasteiger partial charge in [0.15, 0.2) is 0 Å². The average molecular weight is 248 g/mol. The van der Waals surface area contributed by atoms with Crippen molar-refractivity contribution in [3.8, 4) is 0 Å². The highest BCUT2D eigenvalue weighted by Gasteiger charge is 2.17. The zero-order chi connectivity index (χ0) is 12.6. The van der Waals surface area contributed by atoms with Gasteiger partial charge in [0.05, 0.1) is 18.4 Å². The van der Waals surface area contributed by atoms with E-state index in [1.165, 1.54) is 25.7 Å². The second-order valence-corrected chi connectivity index (χ2v) is 5.25. The minimum absolute atomic E-state index is 0.498. The van der Waals surface area contributed by atoms with Crippen LogP contribution in [-0.2, 0) is 11.3 Å². The van der Waals surface area contributed by atoms with Crippen molar-refractivity contribution in [2.75, 3.05) is 13.2 Å². The SMILES string of the molecule is CC1CCC(OCCNCc2ccccn2)CC1. The minimum atomic E-state index is 0.498. The second kappa shape index (κ2) is 7.49. The molecule has 0 radical (unpaired) electrons. The first-order valence-corrected chi connectivity index (χ1v) is 7.07. The average Bonchev–Trinajstić information content (AvgIpc) is 2.42. The van der Waals surface area contributed by atoms with Crippen LogP contribution in [0.15, 0.2) is 24.4 Å². The summed E-state index contributed by atoms with van der Waals surface area (Å²) in [5.74, 6) is 0.895. The maximum atomic E-state index is 5.89. The van der Waals surface area contributed by atoms with Gasteiger partial charge in [-0.1, -0.05) is 13.0 Å². The Bertz CT molecular complexity index is 321. The summed E-state index contributed by atoms with van der Waals surface area (Å²) in [7, 11) is 0. The van der Waals surface area contributed by atoms with Gasteiger partial charge in [-0.15, -0.1) is 0 Å². The fourth-order valence-electron chi connectivity index (χ4n) is 2.41. The lowest BCUT2D eigenvalue weighted by Crippen LogP contribution is -2.25. The molecule has 1 fully saturated rings. The molecule has 100 valence electrons. The van der Waals surface area contributed by atoms with E-state index in [1.54, 1.807) is 0 Å². The van der Waals surface area contributed by atoms with E-state index in [0.29, 0.717) is 6.10 Å². The molecule has 1 heterocycles. The molecule has 0 atom stereocenters. The molecule has 0 unspecified atom stereocenters. The van der Waals surface area contributed by atoms with Gasteiger partial charge < -0.3 is 10.1 Å². The molecule has 0 spiro atoms. The molecule has 2 rings (SSSR count). The van der Waals surface area contributed by atoms with Crippen molar-refractivity contribution in [2.45, 2.75) is 45.3 Å². The highest BCUT2D eigenvalue weighted by molar-refractivity contribution is 5.02. The lowest BCUT2D eigenvalue weighted by molar-refractivity contribution is 0.0215. The van der Waals surface area contributed by atoms with E-state index in [1.807, 2.05) is 24.4 Å². The molecule has 3 nitrogen and oxygen atoms in total. The zero-order valence-corrected chi connectivity index (χ0v) is 11.3. The van der Waals surface area contributed by atoms with Crippen molar-refractivity contribution >= 4 is 0 Å². The molecule has 3 heteroatoms. The van der Waals surface area contributed by atoms with E-state index in [4.69, 9.17) is 4.74 Å². The van der Waals surface area contributed by atoms with Crippen LogP contribution in [0.4, 0.5) is 0 Å².